The van der Waals surface area contributed by atoms with Crippen LogP contribution in [0, 0.1) is 0 Å². The van der Waals surface area contributed by atoms with Gasteiger partial charge in [0.25, 0.3) is 5.91 Å². The average Bonchev–Trinajstić information content (AvgIpc) is 2.61. The van der Waals surface area contributed by atoms with Crippen molar-refractivity contribution in [1.82, 2.24) is 15.5 Å². The number of hydrogen-bond donors (Lipinski definition) is 3. The predicted octanol–water partition coefficient (Wildman–Crippen LogP) is -0.828. The Kier molecular flexibility index (Phi) is 4.66. The largest absolute Gasteiger partial charge is 0.353 e. The summed E-state index contributed by atoms with van der Waals surface area (Å²) in [5.74, 6) is -0.715. The van der Waals surface area contributed by atoms with Gasteiger partial charge in [-0.15, -0.1) is 0 Å². The fraction of sp³-hybridized carbons (Fsp3) is 0.727. The van der Waals surface area contributed by atoms with Crippen molar-refractivity contribution in [2.24, 2.45) is 5.73 Å². The van der Waals surface area contributed by atoms with Gasteiger partial charge in [0.05, 0.1) is 0 Å². The van der Waals surface area contributed by atoms with Crippen molar-refractivity contribution >= 4 is 17.8 Å². The average molecular weight is 256 g/mol. The molecule has 1 saturated heterocycles. The van der Waals surface area contributed by atoms with Crippen LogP contribution in [0.5, 0.6) is 0 Å². The maximum Gasteiger partial charge on any atom is 0.325 e. The predicted molar refractivity (Wildman–Crippen MR) is 65.6 cm³/mol. The Morgan fingerprint density at radius 3 is 2.44 bits per heavy atom. The number of amides is 4. The molecule has 1 aliphatic rings. The summed E-state index contributed by atoms with van der Waals surface area (Å²) in [4.78, 5) is 36.3. The molecule has 0 aromatic heterocycles. The van der Waals surface area contributed by atoms with Gasteiger partial charge in [-0.05, 0) is 12.8 Å². The first-order valence-electron chi connectivity index (χ1n) is 6.11. The van der Waals surface area contributed by atoms with Gasteiger partial charge in [0.2, 0.25) is 5.91 Å². The van der Waals surface area contributed by atoms with Crippen molar-refractivity contribution in [2.75, 3.05) is 19.6 Å². The van der Waals surface area contributed by atoms with Gasteiger partial charge in [-0.1, -0.05) is 13.8 Å². The lowest BCUT2D eigenvalue weighted by Crippen LogP contribution is -2.46. The summed E-state index contributed by atoms with van der Waals surface area (Å²) in [6.45, 7) is 4.06. The highest BCUT2D eigenvalue weighted by Crippen LogP contribution is 2.24. The summed E-state index contributed by atoms with van der Waals surface area (Å²) in [7, 11) is 0. The van der Waals surface area contributed by atoms with Crippen LogP contribution in [-0.4, -0.2) is 47.9 Å². The number of urea groups is 1. The highest BCUT2D eigenvalue weighted by molar-refractivity contribution is 6.08. The molecule has 1 fully saturated rings. The molecule has 0 radical (unpaired) electrons. The van der Waals surface area contributed by atoms with Crippen LogP contribution in [0.25, 0.3) is 0 Å². The van der Waals surface area contributed by atoms with E-state index < -0.39 is 11.6 Å². The summed E-state index contributed by atoms with van der Waals surface area (Å²) in [6, 6.07) is -0.508. The van der Waals surface area contributed by atoms with Crippen molar-refractivity contribution in [3.63, 3.8) is 0 Å². The van der Waals surface area contributed by atoms with Gasteiger partial charge in [-0.3, -0.25) is 14.5 Å². The van der Waals surface area contributed by atoms with Crippen LogP contribution in [0.3, 0.4) is 0 Å². The van der Waals surface area contributed by atoms with Crippen LogP contribution in [-0.2, 0) is 9.59 Å². The van der Waals surface area contributed by atoms with E-state index in [9.17, 15) is 14.4 Å². The normalized spacial score (nSPS) is 17.8. The van der Waals surface area contributed by atoms with E-state index in [2.05, 4.69) is 10.6 Å². The van der Waals surface area contributed by atoms with Crippen LogP contribution >= 0.6 is 0 Å². The number of carbonyl (C=O) groups excluding carboxylic acids is 3. The molecule has 4 amide bonds. The minimum atomic E-state index is -0.856. The first-order chi connectivity index (χ1) is 8.50. The Bertz CT molecular complexity index is 352. The summed E-state index contributed by atoms with van der Waals surface area (Å²) in [5.41, 5.74) is 4.40. The van der Waals surface area contributed by atoms with Gasteiger partial charge in [0.15, 0.2) is 0 Å². The van der Waals surface area contributed by atoms with Crippen molar-refractivity contribution in [1.29, 1.82) is 0 Å². The second-order valence-corrected chi connectivity index (χ2v) is 4.25. The van der Waals surface area contributed by atoms with E-state index in [-0.39, 0.29) is 18.4 Å². The Morgan fingerprint density at radius 2 is 2.00 bits per heavy atom. The minimum Gasteiger partial charge on any atom is -0.353 e. The van der Waals surface area contributed by atoms with Gasteiger partial charge in [0.1, 0.15) is 12.1 Å². The molecule has 0 spiro atoms. The SMILES string of the molecule is CCC1(CC)NC(=O)N(CC(=O)NCCN)C1=O. The van der Waals surface area contributed by atoms with E-state index in [0.717, 1.165) is 4.90 Å². The van der Waals surface area contributed by atoms with E-state index in [1.54, 1.807) is 0 Å². The molecule has 102 valence electrons. The number of imide groups is 1. The first-order valence-corrected chi connectivity index (χ1v) is 6.11. The number of nitrogens with two attached hydrogens (primary N) is 1. The number of nitrogens with zero attached hydrogens (tertiary/aromatic N) is 1. The molecule has 1 heterocycles. The van der Waals surface area contributed by atoms with E-state index >= 15 is 0 Å². The van der Waals surface area contributed by atoms with E-state index in [0.29, 0.717) is 25.9 Å². The van der Waals surface area contributed by atoms with Crippen molar-refractivity contribution < 1.29 is 14.4 Å². The van der Waals surface area contributed by atoms with Crippen molar-refractivity contribution in [2.45, 2.75) is 32.2 Å². The van der Waals surface area contributed by atoms with Gasteiger partial charge in [-0.25, -0.2) is 4.79 Å². The smallest absolute Gasteiger partial charge is 0.325 e. The summed E-state index contributed by atoms with van der Waals surface area (Å²) in [5, 5.41) is 5.19. The third-order valence-electron chi connectivity index (χ3n) is 3.22. The number of nitrogens with one attached hydrogen (secondary N) is 2. The quantitative estimate of drug-likeness (QED) is 0.539. The van der Waals surface area contributed by atoms with Gasteiger partial charge in [-0.2, -0.15) is 0 Å². The molecule has 0 unspecified atom stereocenters. The summed E-state index contributed by atoms with van der Waals surface area (Å²) in [6.07, 6.45) is 1.02. The van der Waals surface area contributed by atoms with E-state index in [1.807, 2.05) is 13.8 Å². The van der Waals surface area contributed by atoms with Crippen molar-refractivity contribution in [3.8, 4) is 0 Å². The Balaban J connectivity index is 2.70. The Morgan fingerprint density at radius 1 is 1.39 bits per heavy atom. The lowest BCUT2D eigenvalue weighted by Gasteiger charge is -2.22. The maximum atomic E-state index is 12.1. The van der Waals surface area contributed by atoms with Crippen molar-refractivity contribution in [3.05, 3.63) is 0 Å². The zero-order chi connectivity index (χ0) is 13.8. The van der Waals surface area contributed by atoms with Gasteiger partial charge < -0.3 is 16.4 Å². The standard InChI is InChI=1S/C11H20N4O3/c1-3-11(4-2)9(17)15(10(18)14-11)7-8(16)13-6-5-12/h3-7,12H2,1-2H3,(H,13,16)(H,14,18). The molecular formula is C11H20N4O3. The van der Waals surface area contributed by atoms with Crippen LogP contribution in [0.1, 0.15) is 26.7 Å². The number of hydrogen-bond acceptors (Lipinski definition) is 4. The van der Waals surface area contributed by atoms with Crippen LogP contribution in [0.4, 0.5) is 4.79 Å². The molecule has 18 heavy (non-hydrogen) atoms. The van der Waals surface area contributed by atoms with Gasteiger partial charge >= 0.3 is 6.03 Å². The first kappa shape index (κ1) is 14.4. The number of carbonyl (C=O) groups is 3. The zero-order valence-electron chi connectivity index (χ0n) is 10.8. The topological polar surface area (TPSA) is 105 Å². The fourth-order valence-corrected chi connectivity index (χ4v) is 1.96. The highest BCUT2D eigenvalue weighted by atomic mass is 16.2. The molecule has 1 rings (SSSR count). The van der Waals surface area contributed by atoms with E-state index in [4.69, 9.17) is 5.73 Å². The van der Waals surface area contributed by atoms with Crippen LogP contribution < -0.4 is 16.4 Å². The van der Waals surface area contributed by atoms with Gasteiger partial charge in [0, 0.05) is 13.1 Å². The highest BCUT2D eigenvalue weighted by Gasteiger charge is 2.49. The molecule has 0 aromatic rings. The molecule has 0 atom stereocenters. The third-order valence-corrected chi connectivity index (χ3v) is 3.22. The number of rotatable bonds is 6. The molecule has 1 aliphatic heterocycles. The summed E-state index contributed by atoms with van der Waals surface area (Å²) < 4.78 is 0. The molecule has 7 nitrogen and oxygen atoms in total. The maximum absolute atomic E-state index is 12.1. The molecular weight excluding hydrogens is 236 g/mol. The lowest BCUT2D eigenvalue weighted by molar-refractivity contribution is -0.135. The van der Waals surface area contributed by atoms with Crippen LogP contribution in [0.2, 0.25) is 0 Å². The molecule has 0 bridgehead atoms. The zero-order valence-corrected chi connectivity index (χ0v) is 10.8. The summed E-state index contributed by atoms with van der Waals surface area (Å²) >= 11 is 0. The fourth-order valence-electron chi connectivity index (χ4n) is 1.96. The minimum absolute atomic E-state index is 0.258. The molecule has 0 aromatic carbocycles. The molecule has 7 heteroatoms. The lowest BCUT2D eigenvalue weighted by atomic mass is 9.93. The second kappa shape index (κ2) is 5.81. The monoisotopic (exact) mass is 256 g/mol. The Hall–Kier alpha value is -1.63. The molecule has 0 saturated carbocycles. The molecule has 0 aliphatic carbocycles. The second-order valence-electron chi connectivity index (χ2n) is 4.25. The molecule has 4 N–H and O–H groups in total. The van der Waals surface area contributed by atoms with Crippen LogP contribution in [0.15, 0.2) is 0 Å². The Labute approximate surface area is 106 Å². The third kappa shape index (κ3) is 2.61. The van der Waals surface area contributed by atoms with E-state index in [1.165, 1.54) is 0 Å².